The van der Waals surface area contributed by atoms with Gasteiger partial charge in [-0.2, -0.15) is 0 Å². The molecule has 7 heteroatoms. The highest BCUT2D eigenvalue weighted by molar-refractivity contribution is 7.90. The summed E-state index contributed by atoms with van der Waals surface area (Å²) >= 11 is 0. The van der Waals surface area contributed by atoms with Crippen LogP contribution < -0.4 is 4.90 Å². The molecule has 0 radical (unpaired) electrons. The number of anilines is 1. The van der Waals surface area contributed by atoms with Crippen molar-refractivity contribution in [3.05, 3.63) is 59.2 Å². The minimum atomic E-state index is -3.47. The molecule has 136 valence electrons. The van der Waals surface area contributed by atoms with Crippen molar-refractivity contribution in [2.75, 3.05) is 17.7 Å². The smallest absolute Gasteiger partial charge is 0.312 e. The Morgan fingerprint density at radius 3 is 2.50 bits per heavy atom. The van der Waals surface area contributed by atoms with Crippen LogP contribution in [0, 0.1) is 0 Å². The number of carbonyl (C=O) groups excluding carboxylic acids is 1. The molecule has 1 unspecified atom stereocenters. The van der Waals surface area contributed by atoms with Crippen LogP contribution in [0.15, 0.2) is 47.4 Å². The molecule has 3 rings (SSSR count). The van der Waals surface area contributed by atoms with Crippen molar-refractivity contribution in [1.29, 1.82) is 0 Å². The van der Waals surface area contributed by atoms with Crippen molar-refractivity contribution in [1.82, 2.24) is 0 Å². The quantitative estimate of drug-likeness (QED) is 0.889. The van der Waals surface area contributed by atoms with E-state index in [2.05, 4.69) is 0 Å². The van der Waals surface area contributed by atoms with Crippen LogP contribution in [0.25, 0.3) is 0 Å². The van der Waals surface area contributed by atoms with E-state index in [1.165, 1.54) is 11.0 Å². The molecule has 0 aliphatic carbocycles. The van der Waals surface area contributed by atoms with Gasteiger partial charge in [0.2, 0.25) is 0 Å². The maximum atomic E-state index is 13.0. The predicted octanol–water partition coefficient (Wildman–Crippen LogP) is 2.48. The van der Waals surface area contributed by atoms with Gasteiger partial charge in [0.25, 0.3) is 5.91 Å². The molecule has 0 aromatic heterocycles. The molecule has 2 aromatic rings. The van der Waals surface area contributed by atoms with Crippen LogP contribution in [-0.2, 0) is 21.1 Å². The maximum absolute atomic E-state index is 13.0. The van der Waals surface area contributed by atoms with Crippen LogP contribution in [-0.4, -0.2) is 38.2 Å². The molecule has 1 aliphatic heterocycles. The molecule has 1 heterocycles. The van der Waals surface area contributed by atoms with E-state index in [1.807, 2.05) is 6.92 Å². The van der Waals surface area contributed by atoms with E-state index < -0.39 is 27.6 Å². The van der Waals surface area contributed by atoms with Gasteiger partial charge in [0.05, 0.1) is 4.90 Å². The summed E-state index contributed by atoms with van der Waals surface area (Å²) in [6.45, 7) is 1.87. The molecule has 1 N–H and O–H groups in total. The first-order chi connectivity index (χ1) is 12.2. The SMILES string of the molecule is CCc1ccc(C(=O)N2CC(C(=O)O)c3ccccc32)cc1S(C)(=O)=O. The number of rotatable bonds is 4. The number of hydrogen-bond acceptors (Lipinski definition) is 4. The van der Waals surface area contributed by atoms with Gasteiger partial charge in [-0.3, -0.25) is 9.59 Å². The number of carboxylic acids is 1. The summed E-state index contributed by atoms with van der Waals surface area (Å²) in [5.41, 5.74) is 2.00. The topological polar surface area (TPSA) is 91.8 Å². The second kappa shape index (κ2) is 6.57. The molecule has 1 atom stereocenters. The van der Waals surface area contributed by atoms with Gasteiger partial charge in [0.1, 0.15) is 5.92 Å². The predicted molar refractivity (Wildman–Crippen MR) is 97.4 cm³/mol. The number of nitrogens with zero attached hydrogens (tertiary/aromatic N) is 1. The monoisotopic (exact) mass is 373 g/mol. The Kier molecular flexibility index (Phi) is 4.58. The molecule has 0 bridgehead atoms. The number of amides is 1. The average Bonchev–Trinajstić information content (AvgIpc) is 2.99. The van der Waals surface area contributed by atoms with Crippen LogP contribution >= 0.6 is 0 Å². The van der Waals surface area contributed by atoms with Gasteiger partial charge in [-0.25, -0.2) is 8.42 Å². The fourth-order valence-electron chi connectivity index (χ4n) is 3.29. The van der Waals surface area contributed by atoms with E-state index in [1.54, 1.807) is 36.4 Å². The number of aryl methyl sites for hydroxylation is 1. The lowest BCUT2D eigenvalue weighted by Crippen LogP contribution is -2.31. The van der Waals surface area contributed by atoms with Crippen LogP contribution in [0.5, 0.6) is 0 Å². The summed E-state index contributed by atoms with van der Waals surface area (Å²) in [6.07, 6.45) is 1.64. The summed E-state index contributed by atoms with van der Waals surface area (Å²) in [5, 5.41) is 9.43. The normalized spacial score (nSPS) is 16.4. The second-order valence-corrected chi connectivity index (χ2v) is 8.30. The minimum absolute atomic E-state index is 0.0251. The molecule has 2 aromatic carbocycles. The van der Waals surface area contributed by atoms with Crippen molar-refractivity contribution in [3.63, 3.8) is 0 Å². The molecule has 0 spiro atoms. The van der Waals surface area contributed by atoms with Crippen molar-refractivity contribution in [3.8, 4) is 0 Å². The van der Waals surface area contributed by atoms with Crippen LogP contribution in [0.1, 0.15) is 34.3 Å². The lowest BCUT2D eigenvalue weighted by Gasteiger charge is -2.18. The minimum Gasteiger partial charge on any atom is -0.481 e. The van der Waals surface area contributed by atoms with Crippen LogP contribution in [0.3, 0.4) is 0 Å². The Labute approximate surface area is 152 Å². The molecule has 26 heavy (non-hydrogen) atoms. The number of carbonyl (C=O) groups is 2. The van der Waals surface area contributed by atoms with Gasteiger partial charge in [0.15, 0.2) is 9.84 Å². The Bertz CT molecular complexity index is 997. The van der Waals surface area contributed by atoms with E-state index >= 15 is 0 Å². The summed E-state index contributed by atoms with van der Waals surface area (Å²) in [5.74, 6) is -2.20. The molecular weight excluding hydrogens is 354 g/mol. The molecular formula is C19H19NO5S. The molecule has 1 aliphatic rings. The van der Waals surface area contributed by atoms with E-state index in [-0.39, 0.29) is 17.0 Å². The van der Waals surface area contributed by atoms with Crippen molar-refractivity contribution < 1.29 is 23.1 Å². The largest absolute Gasteiger partial charge is 0.481 e. The summed E-state index contributed by atoms with van der Waals surface area (Å²) in [7, 11) is -3.47. The van der Waals surface area contributed by atoms with Gasteiger partial charge >= 0.3 is 5.97 Å². The van der Waals surface area contributed by atoms with Crippen LogP contribution in [0.2, 0.25) is 0 Å². The molecule has 1 amide bonds. The molecule has 0 fully saturated rings. The van der Waals surface area contributed by atoms with Gasteiger partial charge in [-0.05, 0) is 35.7 Å². The van der Waals surface area contributed by atoms with E-state index in [4.69, 9.17) is 0 Å². The zero-order chi connectivity index (χ0) is 19.1. The first kappa shape index (κ1) is 18.1. The molecule has 6 nitrogen and oxygen atoms in total. The number of benzene rings is 2. The number of fused-ring (bicyclic) bond motifs is 1. The zero-order valence-corrected chi connectivity index (χ0v) is 15.3. The number of para-hydroxylation sites is 1. The van der Waals surface area contributed by atoms with E-state index in [0.29, 0.717) is 23.2 Å². The highest BCUT2D eigenvalue weighted by atomic mass is 32.2. The summed E-state index contributed by atoms with van der Waals surface area (Å²) in [4.78, 5) is 26.1. The number of sulfone groups is 1. The molecule has 0 saturated carbocycles. The fraction of sp³-hybridized carbons (Fsp3) is 0.263. The second-order valence-electron chi connectivity index (χ2n) is 6.31. The number of aliphatic carboxylic acids is 1. The van der Waals surface area contributed by atoms with E-state index in [9.17, 15) is 23.1 Å². The Morgan fingerprint density at radius 1 is 1.19 bits per heavy atom. The third kappa shape index (κ3) is 3.10. The van der Waals surface area contributed by atoms with Crippen LogP contribution in [0.4, 0.5) is 5.69 Å². The van der Waals surface area contributed by atoms with Crippen molar-refractivity contribution in [2.45, 2.75) is 24.2 Å². The lowest BCUT2D eigenvalue weighted by molar-refractivity contribution is -0.138. The zero-order valence-electron chi connectivity index (χ0n) is 14.5. The third-order valence-electron chi connectivity index (χ3n) is 4.61. The summed E-state index contributed by atoms with van der Waals surface area (Å²) < 4.78 is 24.1. The first-order valence-electron chi connectivity index (χ1n) is 8.20. The highest BCUT2D eigenvalue weighted by Crippen LogP contribution is 2.37. The lowest BCUT2D eigenvalue weighted by atomic mass is 10.0. The molecule has 0 saturated heterocycles. The first-order valence-corrected chi connectivity index (χ1v) is 10.1. The number of hydrogen-bond donors (Lipinski definition) is 1. The fourth-order valence-corrected chi connectivity index (χ4v) is 4.32. The van der Waals surface area contributed by atoms with Gasteiger partial charge in [-0.1, -0.05) is 31.2 Å². The maximum Gasteiger partial charge on any atom is 0.312 e. The highest BCUT2D eigenvalue weighted by Gasteiger charge is 2.36. The van der Waals surface area contributed by atoms with Gasteiger partial charge in [0, 0.05) is 24.1 Å². The Balaban J connectivity index is 2.05. The average molecular weight is 373 g/mol. The number of carboxylic acid groups (broad SMARTS) is 1. The van der Waals surface area contributed by atoms with E-state index in [0.717, 1.165) is 6.26 Å². The van der Waals surface area contributed by atoms with Gasteiger partial charge < -0.3 is 10.0 Å². The Morgan fingerprint density at radius 2 is 1.88 bits per heavy atom. The standard InChI is InChI=1S/C19H19NO5S/c1-3-12-8-9-13(10-17(12)26(2,24)25)18(21)20-11-15(19(22)23)14-6-4-5-7-16(14)20/h4-10,15H,3,11H2,1-2H3,(H,22,23). The third-order valence-corrected chi connectivity index (χ3v) is 5.78. The van der Waals surface area contributed by atoms with Crippen molar-refractivity contribution in [2.24, 2.45) is 0 Å². The summed E-state index contributed by atoms with van der Waals surface area (Å²) in [6, 6.07) is 11.5. The van der Waals surface area contributed by atoms with Gasteiger partial charge in [-0.15, -0.1) is 0 Å². The van der Waals surface area contributed by atoms with Crippen molar-refractivity contribution >= 4 is 27.4 Å². The Hall–Kier alpha value is -2.67.